The molecule has 2 rings (SSSR count). The molecule has 0 amide bonds. The van der Waals surface area contributed by atoms with E-state index >= 15 is 0 Å². The van der Waals surface area contributed by atoms with E-state index in [2.05, 4.69) is 9.71 Å². The van der Waals surface area contributed by atoms with E-state index in [-0.39, 0.29) is 5.75 Å². The van der Waals surface area contributed by atoms with Crippen molar-refractivity contribution >= 4 is 21.4 Å². The number of nitrogen functional groups attached to an aromatic ring is 1. The van der Waals surface area contributed by atoms with Crippen LogP contribution in [0, 0.1) is 0 Å². The molecule has 0 fully saturated rings. The first-order valence-corrected chi connectivity index (χ1v) is 7.46. The molecule has 1 heterocycles. The van der Waals surface area contributed by atoms with E-state index in [1.807, 2.05) is 30.3 Å². The highest BCUT2D eigenvalue weighted by molar-refractivity contribution is 7.92. The molecule has 3 N–H and O–H groups in total. The zero-order valence-corrected chi connectivity index (χ0v) is 11.1. The lowest BCUT2D eigenvalue weighted by atomic mass is 10.2. The van der Waals surface area contributed by atoms with Crippen LogP contribution in [-0.2, 0) is 16.4 Å². The third kappa shape index (κ3) is 3.96. The van der Waals surface area contributed by atoms with Crippen LogP contribution in [0.15, 0.2) is 48.8 Å². The van der Waals surface area contributed by atoms with E-state index in [4.69, 9.17) is 5.73 Å². The van der Waals surface area contributed by atoms with Gasteiger partial charge in [0.05, 0.1) is 23.3 Å². The standard InChI is InChI=1S/C13H15N3O2S/c14-12-10-15-8-6-13(12)16-19(17,18)9-7-11-4-2-1-3-5-11/h1-6,8,10H,7,9,14H2,(H,15,16). The lowest BCUT2D eigenvalue weighted by molar-refractivity contribution is 0.600. The first kappa shape index (κ1) is 13.4. The molecule has 0 saturated carbocycles. The predicted octanol–water partition coefficient (Wildman–Crippen LogP) is 1.65. The zero-order chi connectivity index (χ0) is 13.7. The molecule has 2 aromatic rings. The first-order chi connectivity index (χ1) is 9.07. The fourth-order valence-electron chi connectivity index (χ4n) is 1.62. The van der Waals surface area contributed by atoms with Crippen LogP contribution >= 0.6 is 0 Å². The number of sulfonamides is 1. The third-order valence-corrected chi connectivity index (χ3v) is 3.89. The molecule has 19 heavy (non-hydrogen) atoms. The minimum atomic E-state index is -3.41. The molecule has 1 aromatic carbocycles. The average molecular weight is 277 g/mol. The van der Waals surface area contributed by atoms with Crippen molar-refractivity contribution in [3.05, 3.63) is 54.4 Å². The molecule has 0 aliphatic heterocycles. The van der Waals surface area contributed by atoms with E-state index in [1.54, 1.807) is 0 Å². The van der Waals surface area contributed by atoms with Crippen molar-refractivity contribution in [3.63, 3.8) is 0 Å². The molecule has 100 valence electrons. The molecule has 0 bridgehead atoms. The number of anilines is 2. The van der Waals surface area contributed by atoms with E-state index in [9.17, 15) is 8.42 Å². The van der Waals surface area contributed by atoms with E-state index in [1.165, 1.54) is 18.5 Å². The second kappa shape index (κ2) is 5.71. The van der Waals surface area contributed by atoms with Crippen molar-refractivity contribution in [2.75, 3.05) is 16.2 Å². The minimum Gasteiger partial charge on any atom is -0.396 e. The highest BCUT2D eigenvalue weighted by Gasteiger charge is 2.12. The third-order valence-electron chi connectivity index (χ3n) is 2.62. The Morgan fingerprint density at radius 3 is 2.58 bits per heavy atom. The van der Waals surface area contributed by atoms with Crippen LogP contribution in [-0.4, -0.2) is 19.2 Å². The largest absolute Gasteiger partial charge is 0.396 e. The van der Waals surface area contributed by atoms with Gasteiger partial charge in [-0.2, -0.15) is 0 Å². The van der Waals surface area contributed by atoms with Gasteiger partial charge in [-0.1, -0.05) is 30.3 Å². The molecule has 5 nitrogen and oxygen atoms in total. The average Bonchev–Trinajstić information content (AvgIpc) is 2.40. The topological polar surface area (TPSA) is 85.1 Å². The van der Waals surface area contributed by atoms with Gasteiger partial charge in [0.1, 0.15) is 0 Å². The number of nitrogens with two attached hydrogens (primary N) is 1. The van der Waals surface area contributed by atoms with Crippen molar-refractivity contribution in [2.45, 2.75) is 6.42 Å². The molecule has 0 radical (unpaired) electrons. The number of nitrogens with zero attached hydrogens (tertiary/aromatic N) is 1. The van der Waals surface area contributed by atoms with E-state index in [0.29, 0.717) is 17.8 Å². The molecule has 0 aliphatic carbocycles. The van der Waals surface area contributed by atoms with Gasteiger partial charge in [0.25, 0.3) is 0 Å². The van der Waals surface area contributed by atoms with Gasteiger partial charge >= 0.3 is 0 Å². The summed E-state index contributed by atoms with van der Waals surface area (Å²) in [5, 5.41) is 0. The van der Waals surface area contributed by atoms with Crippen molar-refractivity contribution in [1.29, 1.82) is 0 Å². The molecule has 6 heteroatoms. The normalized spacial score (nSPS) is 11.2. The quantitative estimate of drug-likeness (QED) is 0.870. The van der Waals surface area contributed by atoms with Gasteiger partial charge in [-0.15, -0.1) is 0 Å². The van der Waals surface area contributed by atoms with E-state index < -0.39 is 10.0 Å². The summed E-state index contributed by atoms with van der Waals surface area (Å²) in [6, 6.07) is 11.0. The Bertz CT molecular complexity index is 642. The maximum absolute atomic E-state index is 11.9. The number of hydrogen-bond donors (Lipinski definition) is 2. The van der Waals surface area contributed by atoms with Crippen LogP contribution in [0.25, 0.3) is 0 Å². The molecule has 0 spiro atoms. The number of rotatable bonds is 5. The Morgan fingerprint density at radius 1 is 1.16 bits per heavy atom. The number of aryl methyl sites for hydroxylation is 1. The highest BCUT2D eigenvalue weighted by Crippen LogP contribution is 2.17. The number of benzene rings is 1. The summed E-state index contributed by atoms with van der Waals surface area (Å²) in [4.78, 5) is 3.81. The monoisotopic (exact) mass is 277 g/mol. The van der Waals surface area contributed by atoms with Gasteiger partial charge in [-0.3, -0.25) is 9.71 Å². The molecule has 0 atom stereocenters. The Kier molecular flexibility index (Phi) is 4.01. The second-order valence-electron chi connectivity index (χ2n) is 4.12. The van der Waals surface area contributed by atoms with Crippen molar-refractivity contribution in [2.24, 2.45) is 0 Å². The first-order valence-electron chi connectivity index (χ1n) is 5.81. The Morgan fingerprint density at radius 2 is 1.89 bits per heavy atom. The van der Waals surface area contributed by atoms with Gasteiger partial charge in [-0.05, 0) is 18.1 Å². The number of nitrogens with one attached hydrogen (secondary N) is 1. The van der Waals surface area contributed by atoms with Crippen LogP contribution in [0.3, 0.4) is 0 Å². The summed E-state index contributed by atoms with van der Waals surface area (Å²) in [5.74, 6) is 0.0127. The maximum atomic E-state index is 11.9. The van der Waals surface area contributed by atoms with Gasteiger partial charge in [0.15, 0.2) is 0 Å². The van der Waals surface area contributed by atoms with Gasteiger partial charge in [0.2, 0.25) is 10.0 Å². The van der Waals surface area contributed by atoms with Gasteiger partial charge < -0.3 is 5.73 Å². The van der Waals surface area contributed by atoms with Crippen LogP contribution in [0.2, 0.25) is 0 Å². The Balaban J connectivity index is 2.02. The van der Waals surface area contributed by atoms with Crippen LogP contribution in [0.5, 0.6) is 0 Å². The second-order valence-corrected chi connectivity index (χ2v) is 5.96. The summed E-state index contributed by atoms with van der Waals surface area (Å²) in [6.07, 6.45) is 3.36. The molecular weight excluding hydrogens is 262 g/mol. The van der Waals surface area contributed by atoms with Crippen LogP contribution < -0.4 is 10.5 Å². The summed E-state index contributed by atoms with van der Waals surface area (Å²) in [5.41, 5.74) is 7.30. The zero-order valence-electron chi connectivity index (χ0n) is 10.3. The Hall–Kier alpha value is -2.08. The fraction of sp³-hybridized carbons (Fsp3) is 0.154. The molecule has 0 unspecified atom stereocenters. The molecule has 0 saturated heterocycles. The highest BCUT2D eigenvalue weighted by atomic mass is 32.2. The lowest BCUT2D eigenvalue weighted by Crippen LogP contribution is -2.19. The molecule has 0 aliphatic rings. The smallest absolute Gasteiger partial charge is 0.233 e. The summed E-state index contributed by atoms with van der Waals surface area (Å²) < 4.78 is 26.3. The molecular formula is C13H15N3O2S. The number of hydrogen-bond acceptors (Lipinski definition) is 4. The number of aromatic nitrogens is 1. The number of pyridine rings is 1. The fourth-order valence-corrected chi connectivity index (χ4v) is 2.74. The van der Waals surface area contributed by atoms with Crippen LogP contribution in [0.4, 0.5) is 11.4 Å². The van der Waals surface area contributed by atoms with Crippen LogP contribution in [0.1, 0.15) is 5.56 Å². The van der Waals surface area contributed by atoms with Crippen molar-refractivity contribution in [1.82, 2.24) is 4.98 Å². The van der Waals surface area contributed by atoms with Gasteiger partial charge in [0, 0.05) is 6.20 Å². The Labute approximate surface area is 112 Å². The van der Waals surface area contributed by atoms with Crippen molar-refractivity contribution < 1.29 is 8.42 Å². The predicted molar refractivity (Wildman–Crippen MR) is 76.2 cm³/mol. The SMILES string of the molecule is Nc1cnccc1NS(=O)(=O)CCc1ccccc1. The minimum absolute atomic E-state index is 0.0127. The molecule has 1 aromatic heterocycles. The summed E-state index contributed by atoms with van der Waals surface area (Å²) in [7, 11) is -3.41. The maximum Gasteiger partial charge on any atom is 0.233 e. The van der Waals surface area contributed by atoms with Crippen molar-refractivity contribution in [3.8, 4) is 0 Å². The van der Waals surface area contributed by atoms with Gasteiger partial charge in [-0.25, -0.2) is 8.42 Å². The summed E-state index contributed by atoms with van der Waals surface area (Å²) >= 11 is 0. The lowest BCUT2D eigenvalue weighted by Gasteiger charge is -2.09. The summed E-state index contributed by atoms with van der Waals surface area (Å²) in [6.45, 7) is 0. The van der Waals surface area contributed by atoms with E-state index in [0.717, 1.165) is 5.56 Å².